The van der Waals surface area contributed by atoms with Crippen LogP contribution in [0.5, 0.6) is 0 Å². The lowest BCUT2D eigenvalue weighted by atomic mass is 10.0. The third-order valence-electron chi connectivity index (χ3n) is 5.60. The molecule has 3 heterocycles. The van der Waals surface area contributed by atoms with Gasteiger partial charge in [-0.05, 0) is 19.8 Å². The second-order valence-electron chi connectivity index (χ2n) is 7.47. The molecular formula is C19H23F2N5OS. The minimum atomic E-state index is -2.61. The number of piperidine rings is 1. The lowest BCUT2D eigenvalue weighted by Gasteiger charge is -2.37. The summed E-state index contributed by atoms with van der Waals surface area (Å²) in [7, 11) is 0. The Kier molecular flexibility index (Phi) is 5.37. The van der Waals surface area contributed by atoms with Gasteiger partial charge in [0.05, 0.1) is 23.2 Å². The van der Waals surface area contributed by atoms with Crippen molar-refractivity contribution in [3.05, 3.63) is 39.9 Å². The van der Waals surface area contributed by atoms with E-state index in [2.05, 4.69) is 20.3 Å². The summed E-state index contributed by atoms with van der Waals surface area (Å²) in [5, 5.41) is 3.04. The summed E-state index contributed by atoms with van der Waals surface area (Å²) in [6.07, 6.45) is 4.71. The van der Waals surface area contributed by atoms with E-state index in [9.17, 15) is 13.6 Å². The molecule has 0 radical (unpaired) electrons. The average Bonchev–Trinajstić information content (AvgIpc) is 3.27. The fourth-order valence-electron chi connectivity index (χ4n) is 3.93. The Morgan fingerprint density at radius 2 is 2.04 bits per heavy atom. The minimum absolute atomic E-state index is 0.0247. The Morgan fingerprint density at radius 1 is 1.32 bits per heavy atom. The van der Waals surface area contributed by atoms with E-state index < -0.39 is 5.92 Å². The second kappa shape index (κ2) is 7.79. The number of nitrogens with zero attached hydrogens (tertiary/aromatic N) is 4. The summed E-state index contributed by atoms with van der Waals surface area (Å²) in [5.74, 6) is -2.15. The maximum atomic E-state index is 13.6. The molecule has 9 heteroatoms. The molecule has 2 aromatic rings. The van der Waals surface area contributed by atoms with Gasteiger partial charge in [0.1, 0.15) is 5.82 Å². The van der Waals surface area contributed by atoms with Gasteiger partial charge in [-0.1, -0.05) is 0 Å². The van der Waals surface area contributed by atoms with Gasteiger partial charge in [-0.15, -0.1) is 11.3 Å². The predicted octanol–water partition coefficient (Wildman–Crippen LogP) is 2.86. The van der Waals surface area contributed by atoms with Crippen LogP contribution < -0.4 is 5.32 Å². The first kappa shape index (κ1) is 19.3. The molecule has 4 rings (SSSR count). The van der Waals surface area contributed by atoms with Crippen molar-refractivity contribution in [1.29, 1.82) is 0 Å². The highest BCUT2D eigenvalue weighted by Crippen LogP contribution is 2.36. The molecular weight excluding hydrogens is 384 g/mol. The van der Waals surface area contributed by atoms with Crippen molar-refractivity contribution in [2.75, 3.05) is 19.6 Å². The first-order valence-electron chi connectivity index (χ1n) is 9.53. The fraction of sp³-hybridized carbons (Fsp3) is 0.579. The molecule has 1 aliphatic carbocycles. The van der Waals surface area contributed by atoms with Crippen molar-refractivity contribution in [2.45, 2.75) is 50.5 Å². The zero-order valence-electron chi connectivity index (χ0n) is 15.7. The van der Waals surface area contributed by atoms with E-state index in [0.29, 0.717) is 12.4 Å². The van der Waals surface area contributed by atoms with Crippen molar-refractivity contribution in [1.82, 2.24) is 25.2 Å². The molecule has 28 heavy (non-hydrogen) atoms. The van der Waals surface area contributed by atoms with Crippen LogP contribution in [0.3, 0.4) is 0 Å². The van der Waals surface area contributed by atoms with Gasteiger partial charge in [-0.3, -0.25) is 9.69 Å². The molecule has 1 aliphatic heterocycles. The van der Waals surface area contributed by atoms with Crippen LogP contribution in [0.15, 0.2) is 17.9 Å². The maximum Gasteiger partial charge on any atom is 0.250 e. The first-order valence-corrected chi connectivity index (χ1v) is 10.4. The van der Waals surface area contributed by atoms with Gasteiger partial charge in [-0.2, -0.15) is 0 Å². The highest BCUT2D eigenvalue weighted by atomic mass is 32.1. The number of aryl methyl sites for hydroxylation is 2. The van der Waals surface area contributed by atoms with E-state index in [-0.39, 0.29) is 43.8 Å². The molecule has 0 saturated carbocycles. The van der Waals surface area contributed by atoms with E-state index in [1.165, 1.54) is 11.3 Å². The topological polar surface area (TPSA) is 71.0 Å². The number of hydrogen-bond donors (Lipinski definition) is 1. The molecule has 2 aliphatic rings. The van der Waals surface area contributed by atoms with Gasteiger partial charge in [0, 0.05) is 55.3 Å². The highest BCUT2D eigenvalue weighted by molar-refractivity contribution is 7.10. The molecule has 1 N–H and O–H groups in total. The van der Waals surface area contributed by atoms with Crippen LogP contribution in [0, 0.1) is 6.92 Å². The second-order valence-corrected chi connectivity index (χ2v) is 8.36. The van der Waals surface area contributed by atoms with E-state index in [0.717, 1.165) is 29.0 Å². The maximum absolute atomic E-state index is 13.6. The van der Waals surface area contributed by atoms with Gasteiger partial charge in [-0.25, -0.2) is 23.7 Å². The van der Waals surface area contributed by atoms with Crippen LogP contribution in [-0.4, -0.2) is 51.3 Å². The van der Waals surface area contributed by atoms with Gasteiger partial charge in [0.25, 0.3) is 5.92 Å². The third kappa shape index (κ3) is 4.05. The van der Waals surface area contributed by atoms with Crippen molar-refractivity contribution in [2.24, 2.45) is 0 Å². The number of thiazole rings is 1. The lowest BCUT2D eigenvalue weighted by Crippen LogP contribution is -2.45. The van der Waals surface area contributed by atoms with Gasteiger partial charge >= 0.3 is 0 Å². The third-order valence-corrected chi connectivity index (χ3v) is 6.59. The van der Waals surface area contributed by atoms with Crippen molar-refractivity contribution >= 4 is 17.2 Å². The molecule has 1 fully saturated rings. The Morgan fingerprint density at radius 3 is 2.75 bits per heavy atom. The normalized spacial score (nSPS) is 22.6. The van der Waals surface area contributed by atoms with Crippen LogP contribution in [0.2, 0.25) is 0 Å². The Bertz CT molecular complexity index is 831. The van der Waals surface area contributed by atoms with E-state index in [1.54, 1.807) is 24.8 Å². The number of amides is 1. The zero-order valence-corrected chi connectivity index (χ0v) is 16.5. The summed E-state index contributed by atoms with van der Waals surface area (Å²) in [6.45, 7) is 2.71. The van der Waals surface area contributed by atoms with E-state index >= 15 is 0 Å². The SMILES string of the molecule is Cc1ncc(C(CNC(=O)C2CCc3ncsc32)N2CCC(F)(F)CC2)cn1. The smallest absolute Gasteiger partial charge is 0.250 e. The zero-order chi connectivity index (χ0) is 19.7. The monoisotopic (exact) mass is 407 g/mol. The molecule has 1 amide bonds. The summed E-state index contributed by atoms with van der Waals surface area (Å²) in [6, 6.07) is -0.219. The molecule has 0 bridgehead atoms. The number of aromatic nitrogens is 3. The van der Waals surface area contributed by atoms with Gasteiger partial charge in [0.2, 0.25) is 5.91 Å². The van der Waals surface area contributed by atoms with Gasteiger partial charge < -0.3 is 5.32 Å². The number of rotatable bonds is 5. The number of fused-ring (bicyclic) bond motifs is 1. The standard InChI is InChI=1S/C19H23F2N5OS/c1-12-22-8-13(9-23-12)16(26-6-4-19(20,21)5-7-26)10-24-18(27)14-2-3-15-17(14)28-11-25-15/h8-9,11,14,16H,2-7,10H2,1H3,(H,24,27). The Balaban J connectivity index is 1.46. The number of alkyl halides is 2. The number of carbonyl (C=O) groups is 1. The summed E-state index contributed by atoms with van der Waals surface area (Å²) < 4.78 is 27.2. The number of carbonyl (C=O) groups excluding carboxylic acids is 1. The van der Waals surface area contributed by atoms with Crippen molar-refractivity contribution < 1.29 is 13.6 Å². The van der Waals surface area contributed by atoms with Gasteiger partial charge in [0.15, 0.2) is 0 Å². The fourth-order valence-corrected chi connectivity index (χ4v) is 4.90. The molecule has 6 nitrogen and oxygen atoms in total. The largest absolute Gasteiger partial charge is 0.354 e. The number of hydrogen-bond acceptors (Lipinski definition) is 6. The Labute approximate surface area is 166 Å². The lowest BCUT2D eigenvalue weighted by molar-refractivity contribution is -0.123. The number of nitrogens with one attached hydrogen (secondary N) is 1. The highest BCUT2D eigenvalue weighted by Gasteiger charge is 2.37. The number of likely N-dealkylation sites (tertiary alicyclic amines) is 1. The van der Waals surface area contributed by atoms with Crippen LogP contribution in [0.4, 0.5) is 8.78 Å². The van der Waals surface area contributed by atoms with Crippen LogP contribution in [0.25, 0.3) is 0 Å². The van der Waals surface area contributed by atoms with E-state index in [1.807, 2.05) is 4.90 Å². The summed E-state index contributed by atoms with van der Waals surface area (Å²) >= 11 is 1.52. The molecule has 0 spiro atoms. The Hall–Kier alpha value is -2.00. The van der Waals surface area contributed by atoms with Crippen molar-refractivity contribution in [3.8, 4) is 0 Å². The van der Waals surface area contributed by atoms with Crippen LogP contribution in [-0.2, 0) is 11.2 Å². The molecule has 2 aromatic heterocycles. The predicted molar refractivity (Wildman–Crippen MR) is 101 cm³/mol. The molecule has 0 aromatic carbocycles. The molecule has 2 atom stereocenters. The van der Waals surface area contributed by atoms with Crippen molar-refractivity contribution in [3.63, 3.8) is 0 Å². The van der Waals surface area contributed by atoms with E-state index in [4.69, 9.17) is 0 Å². The number of halogens is 2. The minimum Gasteiger partial charge on any atom is -0.354 e. The molecule has 1 saturated heterocycles. The van der Waals surface area contributed by atoms with Crippen LogP contribution in [0.1, 0.15) is 53.2 Å². The quantitative estimate of drug-likeness (QED) is 0.825. The molecule has 150 valence electrons. The van der Waals surface area contributed by atoms with Crippen LogP contribution >= 0.6 is 11.3 Å². The average molecular weight is 407 g/mol. The summed E-state index contributed by atoms with van der Waals surface area (Å²) in [5.41, 5.74) is 3.64. The summed E-state index contributed by atoms with van der Waals surface area (Å²) in [4.78, 5) is 28.6. The molecule has 2 unspecified atom stereocenters. The first-order chi connectivity index (χ1) is 13.4.